The molecule has 0 aliphatic rings. The maximum atomic E-state index is 14.1. The van der Waals surface area contributed by atoms with E-state index in [1.54, 1.807) is 12.1 Å². The van der Waals surface area contributed by atoms with Crippen LogP contribution in [0.25, 0.3) is 11.0 Å². The summed E-state index contributed by atoms with van der Waals surface area (Å²) in [7, 11) is 0. The summed E-state index contributed by atoms with van der Waals surface area (Å²) >= 11 is 0. The summed E-state index contributed by atoms with van der Waals surface area (Å²) in [6, 6.07) is 11.4. The lowest BCUT2D eigenvalue weighted by Crippen LogP contribution is -2.29. The molecule has 0 spiro atoms. The molecule has 0 aliphatic carbocycles. The summed E-state index contributed by atoms with van der Waals surface area (Å²) in [5.41, 5.74) is 3.51. The second kappa shape index (κ2) is 5.27. The van der Waals surface area contributed by atoms with Crippen molar-refractivity contribution in [1.29, 1.82) is 0 Å². The lowest BCUT2D eigenvalue weighted by Gasteiger charge is -2.15. The van der Waals surface area contributed by atoms with E-state index in [9.17, 15) is 8.78 Å². The first kappa shape index (κ1) is 13.7. The van der Waals surface area contributed by atoms with Crippen molar-refractivity contribution in [2.24, 2.45) is 5.84 Å². The highest BCUT2D eigenvalue weighted by Gasteiger charge is 2.23. The third kappa shape index (κ3) is 2.30. The molecule has 2 aromatic carbocycles. The number of furan rings is 1. The normalized spacial score (nSPS) is 12.8. The SMILES string of the molecule is Cc1ccc(C(NN)c2cc3ccccc3o2)c(F)c1F. The van der Waals surface area contributed by atoms with Gasteiger partial charge in [0, 0.05) is 10.9 Å². The summed E-state index contributed by atoms with van der Waals surface area (Å²) in [5, 5.41) is 0.876. The van der Waals surface area contributed by atoms with Crippen molar-refractivity contribution in [2.75, 3.05) is 0 Å². The first-order valence-electron chi connectivity index (χ1n) is 6.51. The Morgan fingerprint density at radius 1 is 1.10 bits per heavy atom. The number of aryl methyl sites for hydroxylation is 1. The molecule has 0 saturated carbocycles. The van der Waals surface area contributed by atoms with Crippen LogP contribution in [0.5, 0.6) is 0 Å². The number of rotatable bonds is 3. The maximum Gasteiger partial charge on any atom is 0.164 e. The highest BCUT2D eigenvalue weighted by molar-refractivity contribution is 5.78. The number of benzene rings is 2. The maximum absolute atomic E-state index is 14.1. The van der Waals surface area contributed by atoms with Crippen LogP contribution in [-0.2, 0) is 0 Å². The van der Waals surface area contributed by atoms with E-state index >= 15 is 0 Å². The Hall–Kier alpha value is -2.24. The number of fused-ring (bicyclic) bond motifs is 1. The summed E-state index contributed by atoms with van der Waals surface area (Å²) in [5.74, 6) is 4.16. The van der Waals surface area contributed by atoms with Crippen LogP contribution in [0.2, 0.25) is 0 Å². The van der Waals surface area contributed by atoms with E-state index in [0.29, 0.717) is 11.3 Å². The Balaban J connectivity index is 2.12. The Morgan fingerprint density at radius 3 is 2.57 bits per heavy atom. The molecular formula is C16H14F2N2O. The van der Waals surface area contributed by atoms with Gasteiger partial charge in [-0.15, -0.1) is 0 Å². The summed E-state index contributed by atoms with van der Waals surface area (Å²) in [4.78, 5) is 0. The Morgan fingerprint density at radius 2 is 1.86 bits per heavy atom. The van der Waals surface area contributed by atoms with Gasteiger partial charge in [-0.05, 0) is 24.6 Å². The molecule has 3 rings (SSSR count). The minimum Gasteiger partial charge on any atom is -0.459 e. The molecule has 3 N–H and O–H groups in total. The molecule has 0 bridgehead atoms. The van der Waals surface area contributed by atoms with Gasteiger partial charge < -0.3 is 4.42 Å². The first-order valence-corrected chi connectivity index (χ1v) is 6.51. The van der Waals surface area contributed by atoms with Crippen molar-refractivity contribution < 1.29 is 13.2 Å². The van der Waals surface area contributed by atoms with Crippen molar-refractivity contribution >= 4 is 11.0 Å². The predicted molar refractivity (Wildman–Crippen MR) is 76.5 cm³/mol. The minimum absolute atomic E-state index is 0.111. The number of nitrogens with two attached hydrogens (primary N) is 1. The van der Waals surface area contributed by atoms with Crippen LogP contribution in [0, 0.1) is 18.6 Å². The molecule has 0 fully saturated rings. The molecule has 0 radical (unpaired) electrons. The fourth-order valence-electron chi connectivity index (χ4n) is 2.35. The standard InChI is InChI=1S/C16H14F2N2O/c1-9-6-7-11(15(18)14(9)17)16(20-19)13-8-10-4-2-3-5-12(10)21-13/h2-8,16,20H,19H2,1H3. The van der Waals surface area contributed by atoms with Crippen molar-refractivity contribution in [2.45, 2.75) is 13.0 Å². The number of para-hydroxylation sites is 1. The van der Waals surface area contributed by atoms with Gasteiger partial charge in [-0.1, -0.05) is 30.3 Å². The largest absolute Gasteiger partial charge is 0.459 e. The van der Waals surface area contributed by atoms with E-state index in [-0.39, 0.29) is 11.1 Å². The highest BCUT2D eigenvalue weighted by Crippen LogP contribution is 2.30. The molecule has 3 aromatic rings. The Kier molecular flexibility index (Phi) is 3.45. The molecule has 5 heteroatoms. The second-order valence-corrected chi connectivity index (χ2v) is 4.89. The number of nitrogens with one attached hydrogen (secondary N) is 1. The van der Waals surface area contributed by atoms with Crippen LogP contribution in [0.1, 0.15) is 22.9 Å². The van der Waals surface area contributed by atoms with Gasteiger partial charge in [0.15, 0.2) is 11.6 Å². The van der Waals surface area contributed by atoms with Crippen molar-refractivity contribution in [3.05, 3.63) is 71.0 Å². The van der Waals surface area contributed by atoms with Gasteiger partial charge >= 0.3 is 0 Å². The molecule has 3 nitrogen and oxygen atoms in total. The zero-order chi connectivity index (χ0) is 15.0. The molecule has 0 aliphatic heterocycles. The van der Waals surface area contributed by atoms with Gasteiger partial charge in [-0.3, -0.25) is 5.84 Å². The molecule has 0 amide bonds. The molecular weight excluding hydrogens is 274 g/mol. The molecule has 1 unspecified atom stereocenters. The topological polar surface area (TPSA) is 51.2 Å². The molecule has 0 saturated heterocycles. The van der Waals surface area contributed by atoms with Gasteiger partial charge in [0.1, 0.15) is 17.4 Å². The summed E-state index contributed by atoms with van der Waals surface area (Å²) in [6.45, 7) is 1.51. The Labute approximate surface area is 120 Å². The number of hydrazine groups is 1. The van der Waals surface area contributed by atoms with Gasteiger partial charge in [0.05, 0.1) is 0 Å². The Bertz CT molecular complexity index is 765. The quantitative estimate of drug-likeness (QED) is 0.572. The van der Waals surface area contributed by atoms with E-state index in [1.807, 2.05) is 18.2 Å². The summed E-state index contributed by atoms with van der Waals surface area (Å²) in [6.07, 6.45) is 0. The minimum atomic E-state index is -0.918. The number of hydrogen-bond donors (Lipinski definition) is 2. The zero-order valence-electron chi connectivity index (χ0n) is 11.4. The van der Waals surface area contributed by atoms with E-state index in [2.05, 4.69) is 5.43 Å². The summed E-state index contributed by atoms with van der Waals surface area (Å²) < 4.78 is 33.5. The van der Waals surface area contributed by atoms with Crippen molar-refractivity contribution in [3.8, 4) is 0 Å². The average Bonchev–Trinajstić information content (AvgIpc) is 2.91. The monoisotopic (exact) mass is 288 g/mol. The van der Waals surface area contributed by atoms with Gasteiger partial charge in [-0.2, -0.15) is 0 Å². The fourth-order valence-corrected chi connectivity index (χ4v) is 2.35. The van der Waals surface area contributed by atoms with Gasteiger partial charge in [0.2, 0.25) is 0 Å². The number of hydrogen-bond acceptors (Lipinski definition) is 3. The predicted octanol–water partition coefficient (Wildman–Crippen LogP) is 3.57. The molecule has 108 valence electrons. The smallest absolute Gasteiger partial charge is 0.164 e. The van der Waals surface area contributed by atoms with Crippen LogP contribution < -0.4 is 11.3 Å². The highest BCUT2D eigenvalue weighted by atomic mass is 19.2. The van der Waals surface area contributed by atoms with E-state index in [1.165, 1.54) is 19.1 Å². The van der Waals surface area contributed by atoms with Gasteiger partial charge in [0.25, 0.3) is 0 Å². The third-order valence-electron chi connectivity index (χ3n) is 3.51. The molecule has 21 heavy (non-hydrogen) atoms. The van der Waals surface area contributed by atoms with Crippen LogP contribution in [0.3, 0.4) is 0 Å². The number of halogens is 2. The van der Waals surface area contributed by atoms with Crippen LogP contribution >= 0.6 is 0 Å². The van der Waals surface area contributed by atoms with Gasteiger partial charge in [-0.25, -0.2) is 14.2 Å². The van der Waals surface area contributed by atoms with Crippen LogP contribution in [0.4, 0.5) is 8.78 Å². The van der Waals surface area contributed by atoms with Crippen LogP contribution in [-0.4, -0.2) is 0 Å². The van der Waals surface area contributed by atoms with Crippen molar-refractivity contribution in [1.82, 2.24) is 5.43 Å². The molecule has 1 atom stereocenters. The zero-order valence-corrected chi connectivity index (χ0v) is 11.4. The molecule has 1 aromatic heterocycles. The third-order valence-corrected chi connectivity index (χ3v) is 3.51. The molecule has 1 heterocycles. The van der Waals surface area contributed by atoms with Crippen LogP contribution in [0.15, 0.2) is 46.9 Å². The second-order valence-electron chi connectivity index (χ2n) is 4.89. The average molecular weight is 288 g/mol. The first-order chi connectivity index (χ1) is 10.1. The van der Waals surface area contributed by atoms with E-state index in [4.69, 9.17) is 10.3 Å². The van der Waals surface area contributed by atoms with E-state index < -0.39 is 17.7 Å². The van der Waals surface area contributed by atoms with E-state index in [0.717, 1.165) is 5.39 Å². The van der Waals surface area contributed by atoms with Crippen molar-refractivity contribution in [3.63, 3.8) is 0 Å². The lowest BCUT2D eigenvalue weighted by molar-refractivity contribution is 0.442. The lowest BCUT2D eigenvalue weighted by atomic mass is 10.0. The fraction of sp³-hybridized carbons (Fsp3) is 0.125.